The van der Waals surface area contributed by atoms with Crippen LogP contribution in [0, 0.1) is 5.92 Å². The van der Waals surface area contributed by atoms with Crippen LogP contribution in [0.2, 0.25) is 0 Å². The Morgan fingerprint density at radius 2 is 1.79 bits per heavy atom. The molecule has 6 nitrogen and oxygen atoms in total. The highest BCUT2D eigenvalue weighted by Gasteiger charge is 2.12. The largest absolute Gasteiger partial charge is 0.378 e. The van der Waals surface area contributed by atoms with Crippen molar-refractivity contribution in [2.45, 2.75) is 60.0 Å². The molecule has 0 spiro atoms. The van der Waals surface area contributed by atoms with Crippen molar-refractivity contribution in [3.05, 3.63) is 0 Å². The van der Waals surface area contributed by atoms with E-state index in [1.165, 1.54) is 0 Å². The van der Waals surface area contributed by atoms with Gasteiger partial charge in [-0.2, -0.15) is 0 Å². The smallest absolute Gasteiger partial charge is 0.221 e. The molecule has 1 unspecified atom stereocenters. The second kappa shape index (κ2) is 17.3. The number of hydrogen-bond acceptors (Lipinski definition) is 3. The lowest BCUT2D eigenvalue weighted by Crippen LogP contribution is -2.39. The van der Waals surface area contributed by atoms with Crippen molar-refractivity contribution in [3.63, 3.8) is 0 Å². The monoisotopic (exact) mass is 456 g/mol. The van der Waals surface area contributed by atoms with Crippen molar-refractivity contribution >= 4 is 35.8 Å². The van der Waals surface area contributed by atoms with E-state index in [1.54, 1.807) is 0 Å². The second-order valence-electron chi connectivity index (χ2n) is 5.81. The molecule has 24 heavy (non-hydrogen) atoms. The maximum Gasteiger partial charge on any atom is 0.221 e. The number of carbonyl (C=O) groups excluding carboxylic acids is 1. The molecule has 0 aliphatic heterocycles. The summed E-state index contributed by atoms with van der Waals surface area (Å²) in [6.45, 7) is 14.0. The van der Waals surface area contributed by atoms with Crippen LogP contribution < -0.4 is 16.0 Å². The summed E-state index contributed by atoms with van der Waals surface area (Å²) < 4.78 is 5.73. The minimum atomic E-state index is 0. The third kappa shape index (κ3) is 13.8. The van der Waals surface area contributed by atoms with Gasteiger partial charge in [-0.05, 0) is 32.6 Å². The van der Waals surface area contributed by atoms with E-state index in [0.29, 0.717) is 25.4 Å². The van der Waals surface area contributed by atoms with E-state index in [4.69, 9.17) is 4.74 Å². The summed E-state index contributed by atoms with van der Waals surface area (Å²) in [6.07, 6.45) is 2.56. The van der Waals surface area contributed by atoms with E-state index in [-0.39, 0.29) is 36.0 Å². The van der Waals surface area contributed by atoms with Crippen molar-refractivity contribution in [1.82, 2.24) is 16.0 Å². The van der Waals surface area contributed by atoms with E-state index < -0.39 is 0 Å². The molecule has 1 amide bonds. The average molecular weight is 456 g/mol. The van der Waals surface area contributed by atoms with E-state index in [9.17, 15) is 4.79 Å². The van der Waals surface area contributed by atoms with Gasteiger partial charge in [-0.15, -0.1) is 24.0 Å². The standard InChI is InChI=1S/C17H36N4O2.HI/c1-6-11-19-16(22)10-13-21-17(18-7-2)20-12-9-15(14(4)5)23-8-3;/h14-15H,6-13H2,1-5H3,(H,19,22)(H2,18,20,21);1H. The van der Waals surface area contributed by atoms with Crippen LogP contribution in [0.4, 0.5) is 0 Å². The first-order valence-electron chi connectivity index (χ1n) is 8.95. The van der Waals surface area contributed by atoms with Gasteiger partial charge in [0.1, 0.15) is 0 Å². The fraction of sp³-hybridized carbons (Fsp3) is 0.882. The molecule has 0 saturated heterocycles. The average Bonchev–Trinajstić information content (AvgIpc) is 2.51. The molecule has 0 aliphatic carbocycles. The molecule has 0 aromatic rings. The zero-order valence-electron chi connectivity index (χ0n) is 16.0. The Morgan fingerprint density at radius 3 is 2.33 bits per heavy atom. The Hall–Kier alpha value is -0.570. The highest BCUT2D eigenvalue weighted by atomic mass is 127. The first-order valence-corrected chi connectivity index (χ1v) is 8.95. The van der Waals surface area contributed by atoms with Gasteiger partial charge in [0.25, 0.3) is 0 Å². The molecule has 0 fully saturated rings. The van der Waals surface area contributed by atoms with Gasteiger partial charge in [-0.25, -0.2) is 0 Å². The number of hydrogen-bond donors (Lipinski definition) is 3. The Morgan fingerprint density at radius 1 is 1.08 bits per heavy atom. The molecule has 0 aromatic heterocycles. The van der Waals surface area contributed by atoms with Gasteiger partial charge in [0.2, 0.25) is 5.91 Å². The van der Waals surface area contributed by atoms with E-state index in [1.807, 2.05) is 20.8 Å². The zero-order chi connectivity index (χ0) is 17.5. The molecule has 3 N–H and O–H groups in total. The molecule has 0 rings (SSSR count). The lowest BCUT2D eigenvalue weighted by atomic mass is 10.0. The summed E-state index contributed by atoms with van der Waals surface area (Å²) in [4.78, 5) is 16.1. The minimum absolute atomic E-state index is 0. The van der Waals surface area contributed by atoms with Crippen molar-refractivity contribution < 1.29 is 9.53 Å². The van der Waals surface area contributed by atoms with Crippen molar-refractivity contribution in [2.75, 3.05) is 32.8 Å². The van der Waals surface area contributed by atoms with Gasteiger partial charge in [-0.1, -0.05) is 20.8 Å². The van der Waals surface area contributed by atoms with Gasteiger partial charge in [0, 0.05) is 39.2 Å². The molecular formula is C17H37IN4O2. The predicted molar refractivity (Wildman–Crippen MR) is 112 cm³/mol. The molecule has 0 bridgehead atoms. The predicted octanol–water partition coefficient (Wildman–Crippen LogP) is 2.53. The molecule has 1 atom stereocenters. The van der Waals surface area contributed by atoms with E-state index in [2.05, 4.69) is 34.8 Å². The van der Waals surface area contributed by atoms with Crippen LogP contribution in [-0.2, 0) is 9.53 Å². The van der Waals surface area contributed by atoms with Gasteiger partial charge >= 0.3 is 0 Å². The molecular weight excluding hydrogens is 419 g/mol. The van der Waals surface area contributed by atoms with Crippen molar-refractivity contribution in [2.24, 2.45) is 10.9 Å². The summed E-state index contributed by atoms with van der Waals surface area (Å²) in [5.74, 6) is 1.32. The fourth-order valence-electron chi connectivity index (χ4n) is 2.12. The lowest BCUT2D eigenvalue weighted by Gasteiger charge is -2.20. The van der Waals surface area contributed by atoms with Crippen LogP contribution >= 0.6 is 24.0 Å². The zero-order valence-corrected chi connectivity index (χ0v) is 18.3. The molecule has 0 radical (unpaired) electrons. The highest BCUT2D eigenvalue weighted by Crippen LogP contribution is 2.10. The summed E-state index contributed by atoms with van der Waals surface area (Å²) in [6, 6.07) is 0. The van der Waals surface area contributed by atoms with Gasteiger partial charge in [0.15, 0.2) is 5.96 Å². The van der Waals surface area contributed by atoms with Crippen LogP contribution in [0.15, 0.2) is 4.99 Å². The van der Waals surface area contributed by atoms with Crippen molar-refractivity contribution in [3.8, 4) is 0 Å². The second-order valence-corrected chi connectivity index (χ2v) is 5.81. The number of nitrogens with one attached hydrogen (secondary N) is 3. The van der Waals surface area contributed by atoms with Crippen LogP contribution in [0.5, 0.6) is 0 Å². The lowest BCUT2D eigenvalue weighted by molar-refractivity contribution is -0.120. The van der Waals surface area contributed by atoms with Gasteiger partial charge in [0.05, 0.1) is 6.10 Å². The third-order valence-electron chi connectivity index (χ3n) is 3.37. The van der Waals surface area contributed by atoms with Crippen LogP contribution in [0.3, 0.4) is 0 Å². The molecule has 144 valence electrons. The summed E-state index contributed by atoms with van der Waals surface area (Å²) in [5.41, 5.74) is 0. The molecule has 0 saturated carbocycles. The summed E-state index contributed by atoms with van der Waals surface area (Å²) >= 11 is 0. The maximum absolute atomic E-state index is 11.6. The normalized spacial score (nSPS) is 12.5. The van der Waals surface area contributed by atoms with Crippen LogP contribution in [-0.4, -0.2) is 50.8 Å². The molecule has 0 aliphatic rings. The number of amides is 1. The molecule has 0 heterocycles. The quantitative estimate of drug-likeness (QED) is 0.240. The minimum Gasteiger partial charge on any atom is -0.378 e. The van der Waals surface area contributed by atoms with E-state index in [0.717, 1.165) is 38.5 Å². The number of aliphatic imine (C=N–C) groups is 1. The molecule has 7 heteroatoms. The number of carbonyl (C=O) groups is 1. The van der Waals surface area contributed by atoms with Gasteiger partial charge in [-0.3, -0.25) is 9.79 Å². The Bertz CT molecular complexity index is 339. The summed E-state index contributed by atoms with van der Waals surface area (Å²) in [7, 11) is 0. The number of nitrogens with zero attached hydrogens (tertiary/aromatic N) is 1. The number of ether oxygens (including phenoxy) is 1. The Kier molecular flexibility index (Phi) is 18.5. The summed E-state index contributed by atoms with van der Waals surface area (Å²) in [5, 5.41) is 9.27. The Labute approximate surface area is 165 Å². The molecule has 0 aromatic carbocycles. The van der Waals surface area contributed by atoms with Crippen molar-refractivity contribution in [1.29, 1.82) is 0 Å². The topological polar surface area (TPSA) is 74.8 Å². The maximum atomic E-state index is 11.6. The Balaban J connectivity index is 0. The highest BCUT2D eigenvalue weighted by molar-refractivity contribution is 14.0. The first-order chi connectivity index (χ1) is 11.0. The van der Waals surface area contributed by atoms with Gasteiger partial charge < -0.3 is 20.7 Å². The SMILES string of the molecule is CCCNC(=O)CCNC(=NCCC(OCC)C(C)C)NCC.I. The van der Waals surface area contributed by atoms with Crippen LogP contribution in [0.25, 0.3) is 0 Å². The number of halogens is 1. The third-order valence-corrected chi connectivity index (χ3v) is 3.37. The fourth-order valence-corrected chi connectivity index (χ4v) is 2.12. The van der Waals surface area contributed by atoms with E-state index >= 15 is 0 Å². The van der Waals surface area contributed by atoms with Crippen LogP contribution in [0.1, 0.15) is 53.9 Å². The number of rotatable bonds is 12. The number of guanidine groups is 1. The first kappa shape index (κ1) is 25.7.